The number of nitrogens with one attached hydrogen (secondary N) is 1. The van der Waals surface area contributed by atoms with Gasteiger partial charge in [-0.15, -0.1) is 10.2 Å². The molecule has 1 aromatic carbocycles. The van der Waals surface area contributed by atoms with Crippen molar-refractivity contribution in [3.63, 3.8) is 0 Å². The van der Waals surface area contributed by atoms with Gasteiger partial charge in [0, 0.05) is 30.3 Å². The molecule has 0 saturated heterocycles. The maximum atomic E-state index is 10.7. The molecule has 0 amide bonds. The molecule has 1 heterocycles. The lowest BCUT2D eigenvalue weighted by atomic mass is 10.2. The zero-order valence-corrected chi connectivity index (χ0v) is 15.7. The van der Waals surface area contributed by atoms with E-state index in [2.05, 4.69) is 22.1 Å². The van der Waals surface area contributed by atoms with Gasteiger partial charge >= 0.3 is 0 Å². The molecule has 138 valence electrons. The molecule has 0 atom stereocenters. The number of aromatic nitrogens is 2. The minimum atomic E-state index is -0.456. The first-order valence-corrected chi connectivity index (χ1v) is 8.44. The number of thiocarbonyl (C=S) groups is 1. The lowest BCUT2D eigenvalue weighted by Crippen LogP contribution is -2.43. The van der Waals surface area contributed by atoms with Gasteiger partial charge in [0.1, 0.15) is 0 Å². The Hall–Kier alpha value is -2.81. The van der Waals surface area contributed by atoms with Crippen molar-refractivity contribution in [3.8, 4) is 11.5 Å². The Bertz CT molecular complexity index is 801. The van der Waals surface area contributed by atoms with E-state index < -0.39 is 4.92 Å². The second-order valence-corrected chi connectivity index (χ2v) is 6.53. The molecule has 2 aromatic rings. The molecular weight excluding hydrogens is 354 g/mol. The van der Waals surface area contributed by atoms with Gasteiger partial charge < -0.3 is 14.6 Å². The summed E-state index contributed by atoms with van der Waals surface area (Å²) in [5.74, 6) is 0.714. The summed E-state index contributed by atoms with van der Waals surface area (Å²) >= 11 is 5.43. The smallest absolute Gasteiger partial charge is 0.269 e. The molecule has 0 spiro atoms. The van der Waals surface area contributed by atoms with Gasteiger partial charge in [0.2, 0.25) is 11.8 Å². The number of benzene rings is 1. The topological polar surface area (TPSA) is 97.3 Å². The first-order valence-electron chi connectivity index (χ1n) is 8.04. The highest BCUT2D eigenvalue weighted by atomic mass is 32.1. The summed E-state index contributed by atoms with van der Waals surface area (Å²) < 4.78 is 5.69. The van der Waals surface area contributed by atoms with Crippen molar-refractivity contribution >= 4 is 23.0 Å². The fraction of sp³-hybridized carbons (Fsp3) is 0.353. The molecule has 0 unspecified atom stereocenters. The van der Waals surface area contributed by atoms with Crippen LogP contribution in [-0.2, 0) is 6.54 Å². The number of nitrogens with zero attached hydrogens (tertiary/aromatic N) is 4. The van der Waals surface area contributed by atoms with Crippen LogP contribution in [0.4, 0.5) is 5.69 Å². The summed E-state index contributed by atoms with van der Waals surface area (Å²) in [6.07, 6.45) is 0. The molecule has 8 nitrogen and oxygen atoms in total. The number of non-ortho nitro benzene ring substituents is 1. The van der Waals surface area contributed by atoms with Crippen LogP contribution < -0.4 is 5.32 Å². The van der Waals surface area contributed by atoms with E-state index in [-0.39, 0.29) is 11.7 Å². The molecule has 9 heteroatoms. The third kappa shape index (κ3) is 5.09. The predicted molar refractivity (Wildman–Crippen MR) is 102 cm³/mol. The van der Waals surface area contributed by atoms with E-state index in [1.807, 2.05) is 25.7 Å². The van der Waals surface area contributed by atoms with E-state index in [9.17, 15) is 10.1 Å². The monoisotopic (exact) mass is 375 g/mol. The van der Waals surface area contributed by atoms with E-state index in [0.717, 1.165) is 5.57 Å². The number of hydrogen-bond acceptors (Lipinski definition) is 6. The van der Waals surface area contributed by atoms with Crippen LogP contribution in [0.1, 0.15) is 26.7 Å². The Morgan fingerprint density at radius 2 is 2.04 bits per heavy atom. The molecule has 0 radical (unpaired) electrons. The van der Waals surface area contributed by atoms with Crippen LogP contribution in [0.15, 0.2) is 40.8 Å². The minimum Gasteiger partial charge on any atom is -0.419 e. The fourth-order valence-electron chi connectivity index (χ4n) is 2.12. The van der Waals surface area contributed by atoms with Crippen molar-refractivity contribution in [2.24, 2.45) is 0 Å². The fourth-order valence-corrected chi connectivity index (χ4v) is 2.47. The molecule has 0 fully saturated rings. The van der Waals surface area contributed by atoms with Crippen molar-refractivity contribution in [2.75, 3.05) is 6.54 Å². The highest BCUT2D eigenvalue weighted by Gasteiger charge is 2.18. The summed E-state index contributed by atoms with van der Waals surface area (Å²) in [7, 11) is 0. The van der Waals surface area contributed by atoms with Gasteiger partial charge in [-0.2, -0.15) is 0 Å². The molecule has 1 aromatic heterocycles. The summed E-state index contributed by atoms with van der Waals surface area (Å²) in [5, 5.41) is 22.5. The van der Waals surface area contributed by atoms with Crippen LogP contribution >= 0.6 is 12.2 Å². The summed E-state index contributed by atoms with van der Waals surface area (Å²) in [5.41, 5.74) is 1.61. The third-order valence-electron chi connectivity index (χ3n) is 3.52. The van der Waals surface area contributed by atoms with E-state index in [4.69, 9.17) is 16.6 Å². The van der Waals surface area contributed by atoms with Crippen LogP contribution in [0.2, 0.25) is 0 Å². The van der Waals surface area contributed by atoms with Gasteiger partial charge in [-0.25, -0.2) is 0 Å². The number of nitro benzene ring substituents is 1. The maximum Gasteiger partial charge on any atom is 0.269 e. The summed E-state index contributed by atoms with van der Waals surface area (Å²) in [6, 6.07) is 6.09. The zero-order valence-electron chi connectivity index (χ0n) is 14.9. The average Bonchev–Trinajstić information content (AvgIpc) is 3.06. The maximum absolute atomic E-state index is 10.7. The normalized spacial score (nSPS) is 10.6. The minimum absolute atomic E-state index is 0.00778. The third-order valence-corrected chi connectivity index (χ3v) is 3.90. The lowest BCUT2D eigenvalue weighted by Gasteiger charge is -2.28. The van der Waals surface area contributed by atoms with Crippen LogP contribution in [0.3, 0.4) is 0 Å². The summed E-state index contributed by atoms with van der Waals surface area (Å²) in [6.45, 7) is 10.8. The van der Waals surface area contributed by atoms with E-state index in [1.54, 1.807) is 12.1 Å². The molecule has 0 aliphatic rings. The Morgan fingerprint density at radius 1 is 1.38 bits per heavy atom. The molecule has 26 heavy (non-hydrogen) atoms. The van der Waals surface area contributed by atoms with Crippen LogP contribution in [-0.4, -0.2) is 37.7 Å². The Balaban J connectivity index is 2.10. The number of hydrogen-bond donors (Lipinski definition) is 1. The SMILES string of the molecule is C=C(C)CNC(=S)N(Cc1nnc(-c2ccc([N+](=O)[O-])cc2)o1)C(C)C. The Kier molecular flexibility index (Phi) is 6.40. The Morgan fingerprint density at radius 3 is 2.58 bits per heavy atom. The van der Waals surface area contributed by atoms with Gasteiger partial charge in [0.15, 0.2) is 5.11 Å². The average molecular weight is 375 g/mol. The zero-order chi connectivity index (χ0) is 19.3. The second kappa shape index (κ2) is 8.52. The van der Waals surface area contributed by atoms with Gasteiger partial charge in [-0.1, -0.05) is 12.2 Å². The molecule has 0 saturated carbocycles. The van der Waals surface area contributed by atoms with Crippen molar-refractivity contribution in [3.05, 3.63) is 52.4 Å². The first-order chi connectivity index (χ1) is 12.3. The van der Waals surface area contributed by atoms with Gasteiger partial charge in [-0.05, 0) is 45.1 Å². The highest BCUT2D eigenvalue weighted by Crippen LogP contribution is 2.22. The van der Waals surface area contributed by atoms with Crippen molar-refractivity contribution in [1.82, 2.24) is 20.4 Å². The second-order valence-electron chi connectivity index (χ2n) is 6.14. The van der Waals surface area contributed by atoms with Crippen LogP contribution in [0, 0.1) is 10.1 Å². The largest absolute Gasteiger partial charge is 0.419 e. The quantitative estimate of drug-likeness (QED) is 0.341. The molecule has 0 bridgehead atoms. The first kappa shape index (κ1) is 19.5. The van der Waals surface area contributed by atoms with Crippen LogP contribution in [0.25, 0.3) is 11.5 Å². The molecule has 0 aliphatic carbocycles. The Labute approximate surface area is 157 Å². The van der Waals surface area contributed by atoms with E-state index >= 15 is 0 Å². The lowest BCUT2D eigenvalue weighted by molar-refractivity contribution is -0.384. The van der Waals surface area contributed by atoms with Crippen molar-refractivity contribution in [2.45, 2.75) is 33.4 Å². The van der Waals surface area contributed by atoms with Gasteiger partial charge in [-0.3, -0.25) is 10.1 Å². The molecule has 2 rings (SSSR count). The van der Waals surface area contributed by atoms with Gasteiger partial charge in [0.05, 0.1) is 11.5 Å². The van der Waals surface area contributed by atoms with E-state index in [0.29, 0.717) is 35.5 Å². The summed E-state index contributed by atoms with van der Waals surface area (Å²) in [4.78, 5) is 12.2. The molecular formula is C17H21N5O3S. The standard InChI is InChI=1S/C17H21N5O3S/c1-11(2)9-18-17(26)21(12(3)4)10-15-19-20-16(25-15)13-5-7-14(8-6-13)22(23)24/h5-8,12H,1,9-10H2,2-4H3,(H,18,26). The van der Waals surface area contributed by atoms with Crippen LogP contribution in [0.5, 0.6) is 0 Å². The van der Waals surface area contributed by atoms with Crippen molar-refractivity contribution in [1.29, 1.82) is 0 Å². The number of rotatable bonds is 7. The number of nitro groups is 1. The van der Waals surface area contributed by atoms with Gasteiger partial charge in [0.25, 0.3) is 5.69 Å². The molecule has 1 N–H and O–H groups in total. The van der Waals surface area contributed by atoms with E-state index in [1.165, 1.54) is 12.1 Å². The predicted octanol–water partition coefficient (Wildman–Crippen LogP) is 3.31. The van der Waals surface area contributed by atoms with Crippen molar-refractivity contribution < 1.29 is 9.34 Å². The molecule has 0 aliphatic heterocycles. The highest BCUT2D eigenvalue weighted by molar-refractivity contribution is 7.80.